The lowest BCUT2D eigenvalue weighted by Crippen LogP contribution is -2.36. The average molecular weight is 389 g/mol. The van der Waals surface area contributed by atoms with Crippen LogP contribution in [0.1, 0.15) is 5.56 Å². The zero-order valence-electron chi connectivity index (χ0n) is 15.3. The summed E-state index contributed by atoms with van der Waals surface area (Å²) in [5.41, 5.74) is 3.59. The Bertz CT molecular complexity index is 954. The molecule has 8 heteroatoms. The zero-order chi connectivity index (χ0) is 18.8. The lowest BCUT2D eigenvalue weighted by molar-refractivity contribution is 0.123. The van der Waals surface area contributed by atoms with Crippen molar-refractivity contribution in [2.24, 2.45) is 0 Å². The molecule has 1 aliphatic heterocycles. The molecule has 3 heterocycles. The van der Waals surface area contributed by atoms with Crippen LogP contribution in [0.3, 0.4) is 0 Å². The molecule has 0 radical (unpaired) electrons. The van der Waals surface area contributed by atoms with E-state index in [2.05, 4.69) is 14.9 Å². The number of fused-ring (bicyclic) bond motifs is 1. The van der Waals surface area contributed by atoms with Gasteiger partial charge in [0.05, 0.1) is 46.0 Å². The van der Waals surface area contributed by atoms with Crippen molar-refractivity contribution >= 4 is 28.5 Å². The normalized spacial score (nSPS) is 14.6. The van der Waals surface area contributed by atoms with Crippen molar-refractivity contribution in [2.45, 2.75) is 6.54 Å². The molecule has 0 saturated carbocycles. The number of methoxy groups -OCH3 is 2. The van der Waals surface area contributed by atoms with Crippen LogP contribution in [0.15, 0.2) is 30.6 Å². The van der Waals surface area contributed by atoms with E-state index in [1.54, 1.807) is 20.5 Å². The maximum Gasteiger partial charge on any atom is 0.163 e. The number of halogens is 1. The summed E-state index contributed by atoms with van der Waals surface area (Å²) in [6.07, 6.45) is 1.79. The van der Waals surface area contributed by atoms with E-state index in [0.29, 0.717) is 24.9 Å². The molecule has 0 atom stereocenters. The summed E-state index contributed by atoms with van der Waals surface area (Å²) in [6, 6.07) is 7.64. The number of benzene rings is 1. The summed E-state index contributed by atoms with van der Waals surface area (Å²) >= 11 is 6.32. The van der Waals surface area contributed by atoms with Crippen molar-refractivity contribution < 1.29 is 14.2 Å². The highest BCUT2D eigenvalue weighted by Crippen LogP contribution is 2.30. The van der Waals surface area contributed by atoms with Crippen LogP contribution in [0.5, 0.6) is 11.5 Å². The fourth-order valence-electron chi connectivity index (χ4n) is 3.32. The van der Waals surface area contributed by atoms with Gasteiger partial charge in [-0.25, -0.2) is 9.97 Å². The summed E-state index contributed by atoms with van der Waals surface area (Å²) in [6.45, 7) is 3.60. The third-order valence-corrected chi connectivity index (χ3v) is 4.90. The third kappa shape index (κ3) is 3.52. The number of hydrogen-bond acceptors (Lipinski definition) is 6. The quantitative estimate of drug-likeness (QED) is 0.626. The Kier molecular flexibility index (Phi) is 5.05. The van der Waals surface area contributed by atoms with Crippen LogP contribution in [0.4, 0.5) is 5.69 Å². The van der Waals surface area contributed by atoms with Crippen molar-refractivity contribution in [3.63, 3.8) is 0 Å². The molecule has 2 aromatic heterocycles. The number of nitrogens with zero attached hydrogens (tertiary/aromatic N) is 4. The van der Waals surface area contributed by atoms with Gasteiger partial charge in [0, 0.05) is 30.8 Å². The van der Waals surface area contributed by atoms with Crippen LogP contribution in [-0.4, -0.2) is 55.1 Å². The summed E-state index contributed by atoms with van der Waals surface area (Å²) in [4.78, 5) is 11.4. The largest absolute Gasteiger partial charge is 0.497 e. The topological polar surface area (TPSA) is 61.6 Å². The molecule has 0 amide bonds. The van der Waals surface area contributed by atoms with E-state index in [9.17, 15) is 0 Å². The van der Waals surface area contributed by atoms with Crippen LogP contribution in [0, 0.1) is 0 Å². The highest BCUT2D eigenvalue weighted by molar-refractivity contribution is 6.30. The summed E-state index contributed by atoms with van der Waals surface area (Å²) in [5, 5.41) is 0.451. The molecule has 0 N–H and O–H groups in total. The molecule has 1 saturated heterocycles. The molecular weight excluding hydrogens is 368 g/mol. The molecule has 1 aliphatic rings. The van der Waals surface area contributed by atoms with Crippen molar-refractivity contribution in [3.8, 4) is 11.5 Å². The standard InChI is InChI=1S/C19H21ClN4O3/c1-25-14-4-3-13(16(9-14)26-2)11-24-12-21-18-15(10-17(20)22-19(18)24)23-5-7-27-8-6-23/h3-4,9-10,12H,5-8,11H2,1-2H3. The predicted octanol–water partition coefficient (Wildman–Crippen LogP) is 2.99. The van der Waals surface area contributed by atoms with Gasteiger partial charge in [0.25, 0.3) is 0 Å². The van der Waals surface area contributed by atoms with Crippen LogP contribution in [0.2, 0.25) is 5.15 Å². The van der Waals surface area contributed by atoms with Gasteiger partial charge in [0.15, 0.2) is 5.65 Å². The molecule has 0 spiro atoms. The number of hydrogen-bond donors (Lipinski definition) is 0. The molecule has 3 aromatic rings. The van der Waals surface area contributed by atoms with Gasteiger partial charge in [-0.2, -0.15) is 0 Å². The Morgan fingerprint density at radius 3 is 2.70 bits per heavy atom. The van der Waals surface area contributed by atoms with Crippen LogP contribution >= 0.6 is 11.6 Å². The van der Waals surface area contributed by atoms with E-state index in [0.717, 1.165) is 47.0 Å². The Labute approximate surface area is 162 Å². The van der Waals surface area contributed by atoms with Crippen LogP contribution in [-0.2, 0) is 11.3 Å². The lowest BCUT2D eigenvalue weighted by atomic mass is 10.2. The maximum absolute atomic E-state index is 6.32. The van der Waals surface area contributed by atoms with Gasteiger partial charge in [0.2, 0.25) is 0 Å². The lowest BCUT2D eigenvalue weighted by Gasteiger charge is -2.29. The molecule has 1 aromatic carbocycles. The molecule has 0 unspecified atom stereocenters. The number of imidazole rings is 1. The van der Waals surface area contributed by atoms with E-state index in [-0.39, 0.29) is 0 Å². The highest BCUT2D eigenvalue weighted by Gasteiger charge is 2.19. The number of morpholine rings is 1. The zero-order valence-corrected chi connectivity index (χ0v) is 16.1. The Morgan fingerprint density at radius 2 is 1.96 bits per heavy atom. The molecular formula is C19H21ClN4O3. The number of rotatable bonds is 5. The molecule has 142 valence electrons. The van der Waals surface area contributed by atoms with Crippen molar-refractivity contribution in [2.75, 3.05) is 45.4 Å². The first-order chi connectivity index (χ1) is 13.2. The van der Waals surface area contributed by atoms with Gasteiger partial charge in [-0.1, -0.05) is 11.6 Å². The predicted molar refractivity (Wildman–Crippen MR) is 104 cm³/mol. The first kappa shape index (κ1) is 17.9. The maximum atomic E-state index is 6.32. The second-order valence-electron chi connectivity index (χ2n) is 6.29. The Balaban J connectivity index is 1.72. The first-order valence-electron chi connectivity index (χ1n) is 8.74. The average Bonchev–Trinajstić information content (AvgIpc) is 3.10. The van der Waals surface area contributed by atoms with E-state index in [1.807, 2.05) is 28.8 Å². The second-order valence-corrected chi connectivity index (χ2v) is 6.67. The summed E-state index contributed by atoms with van der Waals surface area (Å²) in [5.74, 6) is 1.51. The molecule has 0 aliphatic carbocycles. The minimum atomic E-state index is 0.451. The first-order valence-corrected chi connectivity index (χ1v) is 9.12. The Morgan fingerprint density at radius 1 is 1.15 bits per heavy atom. The third-order valence-electron chi connectivity index (χ3n) is 4.71. The highest BCUT2D eigenvalue weighted by atomic mass is 35.5. The van der Waals surface area contributed by atoms with Gasteiger partial charge in [-0.15, -0.1) is 0 Å². The molecule has 0 bridgehead atoms. The minimum absolute atomic E-state index is 0.451. The smallest absolute Gasteiger partial charge is 0.163 e. The summed E-state index contributed by atoms with van der Waals surface area (Å²) < 4.78 is 18.2. The fourth-order valence-corrected chi connectivity index (χ4v) is 3.50. The van der Waals surface area contributed by atoms with Gasteiger partial charge in [0.1, 0.15) is 22.2 Å². The van der Waals surface area contributed by atoms with E-state index >= 15 is 0 Å². The molecule has 1 fully saturated rings. The number of aromatic nitrogens is 3. The number of ether oxygens (including phenoxy) is 3. The number of anilines is 1. The van der Waals surface area contributed by atoms with E-state index in [1.165, 1.54) is 0 Å². The van der Waals surface area contributed by atoms with Crippen molar-refractivity contribution in [1.82, 2.24) is 14.5 Å². The van der Waals surface area contributed by atoms with Gasteiger partial charge in [-0.3, -0.25) is 0 Å². The number of pyridine rings is 1. The van der Waals surface area contributed by atoms with Crippen LogP contribution in [0.25, 0.3) is 11.2 Å². The monoisotopic (exact) mass is 388 g/mol. The fraction of sp³-hybridized carbons (Fsp3) is 0.368. The van der Waals surface area contributed by atoms with E-state index < -0.39 is 0 Å². The van der Waals surface area contributed by atoms with Gasteiger partial charge in [-0.05, 0) is 12.1 Å². The van der Waals surface area contributed by atoms with E-state index in [4.69, 9.17) is 25.8 Å². The summed E-state index contributed by atoms with van der Waals surface area (Å²) in [7, 11) is 3.28. The molecule has 7 nitrogen and oxygen atoms in total. The van der Waals surface area contributed by atoms with Crippen molar-refractivity contribution in [1.29, 1.82) is 0 Å². The van der Waals surface area contributed by atoms with Crippen LogP contribution < -0.4 is 14.4 Å². The van der Waals surface area contributed by atoms with Crippen molar-refractivity contribution in [3.05, 3.63) is 41.3 Å². The SMILES string of the molecule is COc1ccc(Cn2cnc3c(N4CCOCC4)cc(Cl)nc32)c(OC)c1. The van der Waals surface area contributed by atoms with Gasteiger partial charge >= 0.3 is 0 Å². The second kappa shape index (κ2) is 7.62. The Hall–Kier alpha value is -2.51. The molecule has 27 heavy (non-hydrogen) atoms. The molecule has 4 rings (SSSR count). The van der Waals surface area contributed by atoms with Gasteiger partial charge < -0.3 is 23.7 Å². The minimum Gasteiger partial charge on any atom is -0.497 e.